The van der Waals surface area contributed by atoms with Gasteiger partial charge in [-0.1, -0.05) is 12.1 Å². The van der Waals surface area contributed by atoms with Crippen LogP contribution in [0.15, 0.2) is 84.0 Å². The summed E-state index contributed by atoms with van der Waals surface area (Å²) in [4.78, 5) is 18.0. The van der Waals surface area contributed by atoms with Crippen molar-refractivity contribution in [3.8, 4) is 22.7 Å². The summed E-state index contributed by atoms with van der Waals surface area (Å²) >= 11 is 0. The third kappa shape index (κ3) is 4.28. The van der Waals surface area contributed by atoms with Gasteiger partial charge < -0.3 is 20.4 Å². The minimum absolute atomic E-state index is 0.699. The van der Waals surface area contributed by atoms with Crippen LogP contribution in [0.2, 0.25) is 0 Å². The highest BCUT2D eigenvalue weighted by Crippen LogP contribution is 2.36. The Bertz CT molecular complexity index is 1740. The van der Waals surface area contributed by atoms with Crippen LogP contribution >= 0.6 is 0 Å². The second-order valence-corrected chi connectivity index (χ2v) is 8.72. The first-order valence-corrected chi connectivity index (χ1v) is 12.1. The molecule has 0 spiro atoms. The van der Waals surface area contributed by atoms with Crippen LogP contribution in [0.4, 0.5) is 29.0 Å². The number of nitrogens with one attached hydrogen (secondary N) is 3. The zero-order chi connectivity index (χ0) is 26.1. The molecule has 0 saturated heterocycles. The number of fused-ring (bicyclic) bond motifs is 1. The van der Waals surface area contributed by atoms with Crippen LogP contribution in [-0.2, 0) is 7.05 Å². The summed E-state index contributed by atoms with van der Waals surface area (Å²) in [7, 11) is 3.71. The molecule has 0 bridgehead atoms. The Morgan fingerprint density at radius 2 is 1.71 bits per heavy atom. The number of rotatable bonds is 7. The zero-order valence-electron chi connectivity index (χ0n) is 21.1. The molecule has 0 aliphatic heterocycles. The SMILES string of the molecule is CNc1cc(-c2cccnc2Nc2c(C)ccc3c(Nc4cc(-c5ccco5)nn4C)nccc23)ncn1. The molecule has 0 amide bonds. The lowest BCUT2D eigenvalue weighted by Crippen LogP contribution is -2.03. The number of furan rings is 1. The maximum absolute atomic E-state index is 5.50. The Morgan fingerprint density at radius 3 is 2.55 bits per heavy atom. The fourth-order valence-electron chi connectivity index (χ4n) is 4.35. The van der Waals surface area contributed by atoms with Crippen LogP contribution < -0.4 is 16.0 Å². The van der Waals surface area contributed by atoms with Crippen molar-refractivity contribution < 1.29 is 4.42 Å². The van der Waals surface area contributed by atoms with Crippen LogP contribution in [0, 0.1) is 6.92 Å². The molecular weight excluding hydrogens is 478 g/mol. The van der Waals surface area contributed by atoms with Crippen molar-refractivity contribution in [2.24, 2.45) is 7.05 Å². The summed E-state index contributed by atoms with van der Waals surface area (Å²) in [5.74, 6) is 3.65. The summed E-state index contributed by atoms with van der Waals surface area (Å²) < 4.78 is 7.27. The molecule has 3 N–H and O–H groups in total. The summed E-state index contributed by atoms with van der Waals surface area (Å²) in [6.07, 6.45) is 6.74. The Balaban J connectivity index is 1.38. The standard InChI is InChI=1S/C28H25N9O/c1-17-8-9-19-18(10-12-31-27(19)34-25-15-22(36-37(25)3)23-7-5-13-38-23)26(17)35-28-20(6-4-11-30-28)21-14-24(29-2)33-16-32-21/h4-16H,1-3H3,(H,30,35)(H,31,34)(H,29,32,33). The Labute approximate surface area is 218 Å². The van der Waals surface area contributed by atoms with Gasteiger partial charge in [0.25, 0.3) is 0 Å². The molecule has 5 heterocycles. The minimum atomic E-state index is 0.699. The first-order chi connectivity index (χ1) is 18.6. The molecule has 10 heteroatoms. The van der Waals surface area contributed by atoms with E-state index in [-0.39, 0.29) is 0 Å². The first-order valence-electron chi connectivity index (χ1n) is 12.1. The van der Waals surface area contributed by atoms with E-state index in [4.69, 9.17) is 4.42 Å². The molecule has 5 aromatic heterocycles. The number of benzene rings is 1. The van der Waals surface area contributed by atoms with Crippen molar-refractivity contribution in [1.82, 2.24) is 29.7 Å². The molecule has 0 saturated carbocycles. The van der Waals surface area contributed by atoms with Gasteiger partial charge in [0, 0.05) is 55.0 Å². The fraction of sp³-hybridized carbons (Fsp3) is 0.107. The molecule has 188 valence electrons. The van der Waals surface area contributed by atoms with Crippen LogP contribution in [0.5, 0.6) is 0 Å². The highest BCUT2D eigenvalue weighted by Gasteiger charge is 2.15. The van der Waals surface area contributed by atoms with Gasteiger partial charge in [-0.3, -0.25) is 4.68 Å². The number of anilines is 5. The lowest BCUT2D eigenvalue weighted by atomic mass is 10.0. The van der Waals surface area contributed by atoms with Gasteiger partial charge in [0.15, 0.2) is 5.76 Å². The van der Waals surface area contributed by atoms with Crippen LogP contribution in [0.25, 0.3) is 33.5 Å². The van der Waals surface area contributed by atoms with Gasteiger partial charge in [-0.25, -0.2) is 19.9 Å². The maximum atomic E-state index is 5.50. The van der Waals surface area contributed by atoms with Gasteiger partial charge in [0.05, 0.1) is 17.6 Å². The van der Waals surface area contributed by atoms with E-state index in [1.54, 1.807) is 29.7 Å². The molecule has 0 unspecified atom stereocenters. The third-order valence-corrected chi connectivity index (χ3v) is 6.30. The second-order valence-electron chi connectivity index (χ2n) is 8.72. The van der Waals surface area contributed by atoms with Gasteiger partial charge in [0.1, 0.15) is 35.3 Å². The highest BCUT2D eigenvalue weighted by molar-refractivity contribution is 6.03. The summed E-state index contributed by atoms with van der Waals surface area (Å²) in [6, 6.07) is 17.6. The van der Waals surface area contributed by atoms with Crippen molar-refractivity contribution in [3.05, 3.63) is 85.1 Å². The molecule has 6 aromatic rings. The van der Waals surface area contributed by atoms with E-state index >= 15 is 0 Å². The van der Waals surface area contributed by atoms with Crippen molar-refractivity contribution >= 4 is 39.7 Å². The highest BCUT2D eigenvalue weighted by atomic mass is 16.3. The van der Waals surface area contributed by atoms with Crippen LogP contribution in [0.3, 0.4) is 0 Å². The number of aromatic nitrogens is 6. The van der Waals surface area contributed by atoms with E-state index in [0.717, 1.165) is 56.4 Å². The van der Waals surface area contributed by atoms with Crippen LogP contribution in [-0.4, -0.2) is 36.8 Å². The maximum Gasteiger partial charge on any atom is 0.154 e. The molecule has 1 aromatic carbocycles. The molecule has 10 nitrogen and oxygen atoms in total. The van der Waals surface area contributed by atoms with Crippen LogP contribution in [0.1, 0.15) is 5.56 Å². The molecule has 0 aliphatic carbocycles. The van der Waals surface area contributed by atoms with Gasteiger partial charge in [0.2, 0.25) is 0 Å². The number of pyridine rings is 2. The summed E-state index contributed by atoms with van der Waals surface area (Å²) in [5.41, 5.74) is 4.40. The molecule has 0 aliphatic rings. The Hall–Kier alpha value is -5.25. The molecular formula is C28H25N9O. The molecule has 0 radical (unpaired) electrons. The topological polar surface area (TPSA) is 119 Å². The zero-order valence-corrected chi connectivity index (χ0v) is 21.1. The van der Waals surface area contributed by atoms with E-state index in [1.807, 2.05) is 56.6 Å². The van der Waals surface area contributed by atoms with Crippen molar-refractivity contribution in [2.75, 3.05) is 23.0 Å². The lowest BCUT2D eigenvalue weighted by Gasteiger charge is -2.17. The van der Waals surface area contributed by atoms with Gasteiger partial charge in [-0.05, 0) is 42.8 Å². The Morgan fingerprint density at radius 1 is 0.816 bits per heavy atom. The lowest BCUT2D eigenvalue weighted by molar-refractivity contribution is 0.578. The van der Waals surface area contributed by atoms with E-state index in [0.29, 0.717) is 11.6 Å². The van der Waals surface area contributed by atoms with Gasteiger partial charge in [-0.15, -0.1) is 0 Å². The average Bonchev–Trinajstić information content (AvgIpc) is 3.61. The second kappa shape index (κ2) is 9.66. The predicted molar refractivity (Wildman–Crippen MR) is 149 cm³/mol. The largest absolute Gasteiger partial charge is 0.463 e. The molecule has 6 rings (SSSR count). The quantitative estimate of drug-likeness (QED) is 0.244. The van der Waals surface area contributed by atoms with Gasteiger partial charge >= 0.3 is 0 Å². The molecule has 0 atom stereocenters. The van der Waals surface area contributed by atoms with Crippen molar-refractivity contribution in [2.45, 2.75) is 6.92 Å². The first kappa shape index (κ1) is 23.2. The van der Waals surface area contributed by atoms with E-state index in [9.17, 15) is 0 Å². The fourth-order valence-corrected chi connectivity index (χ4v) is 4.35. The Kier molecular flexibility index (Phi) is 5.89. The number of hydrogen-bond donors (Lipinski definition) is 3. The number of nitrogens with zero attached hydrogens (tertiary/aromatic N) is 6. The minimum Gasteiger partial charge on any atom is -0.463 e. The predicted octanol–water partition coefficient (Wildman–Crippen LogP) is 5.92. The van der Waals surface area contributed by atoms with E-state index in [1.165, 1.54) is 0 Å². The van der Waals surface area contributed by atoms with Gasteiger partial charge in [-0.2, -0.15) is 5.10 Å². The molecule has 0 fully saturated rings. The normalized spacial score (nSPS) is 11.0. The van der Waals surface area contributed by atoms with E-state index < -0.39 is 0 Å². The number of hydrogen-bond acceptors (Lipinski definition) is 9. The average molecular weight is 504 g/mol. The van der Waals surface area contributed by atoms with Crippen molar-refractivity contribution in [1.29, 1.82) is 0 Å². The van der Waals surface area contributed by atoms with Crippen molar-refractivity contribution in [3.63, 3.8) is 0 Å². The summed E-state index contributed by atoms with van der Waals surface area (Å²) in [5, 5.41) is 16.6. The number of aryl methyl sites for hydroxylation is 2. The van der Waals surface area contributed by atoms with E-state index in [2.05, 4.69) is 60.0 Å². The monoisotopic (exact) mass is 503 g/mol. The smallest absolute Gasteiger partial charge is 0.154 e. The molecule has 38 heavy (non-hydrogen) atoms. The third-order valence-electron chi connectivity index (χ3n) is 6.30. The summed E-state index contributed by atoms with van der Waals surface area (Å²) in [6.45, 7) is 2.07.